The number of carbonyl (C=O) groups is 1. The summed E-state index contributed by atoms with van der Waals surface area (Å²) in [7, 11) is -1.61. The van der Waals surface area contributed by atoms with Crippen LogP contribution in [0.2, 0.25) is 0 Å². The summed E-state index contributed by atoms with van der Waals surface area (Å²) in [4.78, 5) is 21.7. The molecule has 0 radical (unpaired) electrons. The number of hydrogen-bond acceptors (Lipinski definition) is 6. The quantitative estimate of drug-likeness (QED) is 0.838. The van der Waals surface area contributed by atoms with E-state index in [9.17, 15) is 13.2 Å². The van der Waals surface area contributed by atoms with Crippen molar-refractivity contribution in [3.05, 3.63) is 17.7 Å². The summed E-state index contributed by atoms with van der Waals surface area (Å²) in [6.45, 7) is 3.92. The van der Waals surface area contributed by atoms with Crippen molar-refractivity contribution >= 4 is 21.4 Å². The molecule has 0 aromatic carbocycles. The molecule has 1 aromatic heterocycles. The fourth-order valence-electron chi connectivity index (χ4n) is 1.44. The van der Waals surface area contributed by atoms with Crippen molar-refractivity contribution in [2.24, 2.45) is 0 Å². The van der Waals surface area contributed by atoms with Crippen LogP contribution in [0.1, 0.15) is 36.1 Å². The summed E-state index contributed by atoms with van der Waals surface area (Å²) in [5.74, 6) is 0.0926. The largest absolute Gasteiger partial charge is 0.396 e. The maximum atomic E-state index is 12.2. The lowest BCUT2D eigenvalue weighted by Gasteiger charge is -2.17. The number of carbonyl (C=O) groups excluding carboxylic acids is 1. The van der Waals surface area contributed by atoms with E-state index in [1.807, 2.05) is 13.8 Å². The van der Waals surface area contributed by atoms with E-state index in [-0.39, 0.29) is 29.6 Å². The summed E-state index contributed by atoms with van der Waals surface area (Å²) in [6.07, 6.45) is 2.53. The topological polar surface area (TPSA) is 106 Å². The van der Waals surface area contributed by atoms with E-state index in [0.29, 0.717) is 5.82 Å². The molecule has 112 valence electrons. The van der Waals surface area contributed by atoms with E-state index in [4.69, 9.17) is 5.73 Å². The van der Waals surface area contributed by atoms with Crippen LogP contribution in [0.15, 0.2) is 6.20 Å². The number of nitrogens with two attached hydrogens (primary N) is 1. The highest BCUT2D eigenvalue weighted by molar-refractivity contribution is 7.90. The number of nitrogens with zero attached hydrogens (tertiary/aromatic N) is 3. The van der Waals surface area contributed by atoms with Crippen LogP contribution < -0.4 is 5.73 Å². The Kier molecular flexibility index (Phi) is 5.04. The molecule has 0 unspecified atom stereocenters. The SMILES string of the molecule is CC(C)c1ncc(N)c(C(=O)N(C)CCS(C)(=O)=O)n1. The minimum atomic E-state index is -3.12. The molecule has 0 fully saturated rings. The zero-order chi connectivity index (χ0) is 15.5. The van der Waals surface area contributed by atoms with E-state index in [1.165, 1.54) is 18.1 Å². The highest BCUT2D eigenvalue weighted by atomic mass is 32.2. The predicted octanol–water partition coefficient (Wildman–Crippen LogP) is 0.299. The number of amides is 1. The lowest BCUT2D eigenvalue weighted by Crippen LogP contribution is -2.32. The molecule has 0 saturated carbocycles. The lowest BCUT2D eigenvalue weighted by molar-refractivity contribution is 0.0798. The molecule has 0 atom stereocenters. The van der Waals surface area contributed by atoms with Crippen LogP contribution in [-0.4, -0.2) is 54.8 Å². The van der Waals surface area contributed by atoms with E-state index < -0.39 is 15.7 Å². The highest BCUT2D eigenvalue weighted by Gasteiger charge is 2.19. The monoisotopic (exact) mass is 300 g/mol. The van der Waals surface area contributed by atoms with Crippen molar-refractivity contribution in [3.8, 4) is 0 Å². The Morgan fingerprint density at radius 3 is 2.55 bits per heavy atom. The fourth-order valence-corrected chi connectivity index (χ4v) is 2.04. The van der Waals surface area contributed by atoms with Crippen molar-refractivity contribution in [1.82, 2.24) is 14.9 Å². The van der Waals surface area contributed by atoms with Crippen molar-refractivity contribution < 1.29 is 13.2 Å². The molecule has 0 spiro atoms. The first kappa shape index (κ1) is 16.4. The number of anilines is 1. The van der Waals surface area contributed by atoms with E-state index in [2.05, 4.69) is 9.97 Å². The van der Waals surface area contributed by atoms with Gasteiger partial charge in [0.15, 0.2) is 5.69 Å². The number of rotatable bonds is 5. The molecule has 0 aliphatic carbocycles. The second kappa shape index (κ2) is 6.17. The van der Waals surface area contributed by atoms with Gasteiger partial charge < -0.3 is 10.6 Å². The lowest BCUT2D eigenvalue weighted by atomic mass is 10.2. The fraction of sp³-hybridized carbons (Fsp3) is 0.583. The molecule has 0 saturated heterocycles. The Hall–Kier alpha value is -1.70. The molecule has 1 aromatic rings. The maximum Gasteiger partial charge on any atom is 0.274 e. The highest BCUT2D eigenvalue weighted by Crippen LogP contribution is 2.15. The molecule has 2 N–H and O–H groups in total. The minimum absolute atomic E-state index is 0.0727. The van der Waals surface area contributed by atoms with Crippen LogP contribution in [0.25, 0.3) is 0 Å². The zero-order valence-corrected chi connectivity index (χ0v) is 12.9. The third-order valence-corrected chi connectivity index (χ3v) is 3.62. The normalized spacial score (nSPS) is 11.7. The van der Waals surface area contributed by atoms with Crippen molar-refractivity contribution in [2.45, 2.75) is 19.8 Å². The molecule has 0 aliphatic rings. The van der Waals surface area contributed by atoms with Crippen molar-refractivity contribution in [2.75, 3.05) is 31.3 Å². The third kappa shape index (κ3) is 4.44. The standard InChI is InChI=1S/C12H20N4O3S/c1-8(2)11-14-7-9(13)10(15-11)12(17)16(3)5-6-20(4,18)19/h7-8H,5-6,13H2,1-4H3. The Morgan fingerprint density at radius 1 is 1.45 bits per heavy atom. The smallest absolute Gasteiger partial charge is 0.274 e. The van der Waals surface area contributed by atoms with Gasteiger partial charge in [0.25, 0.3) is 5.91 Å². The van der Waals surface area contributed by atoms with E-state index >= 15 is 0 Å². The molecule has 0 aliphatic heterocycles. The van der Waals surface area contributed by atoms with Gasteiger partial charge in [0, 0.05) is 25.8 Å². The first-order valence-corrected chi connectivity index (χ1v) is 8.23. The molecule has 1 rings (SSSR count). The summed E-state index contributed by atoms with van der Waals surface area (Å²) in [5, 5.41) is 0. The van der Waals surface area contributed by atoms with Gasteiger partial charge in [-0.25, -0.2) is 18.4 Å². The van der Waals surface area contributed by atoms with Gasteiger partial charge in [0.1, 0.15) is 15.7 Å². The van der Waals surface area contributed by atoms with Gasteiger partial charge in [0.05, 0.1) is 17.6 Å². The molecular weight excluding hydrogens is 280 g/mol. The van der Waals surface area contributed by atoms with Crippen LogP contribution >= 0.6 is 0 Å². The number of sulfone groups is 1. The molecule has 7 nitrogen and oxygen atoms in total. The van der Waals surface area contributed by atoms with Crippen LogP contribution in [0.3, 0.4) is 0 Å². The second-order valence-electron chi connectivity index (χ2n) is 5.04. The second-order valence-corrected chi connectivity index (χ2v) is 7.30. The van der Waals surface area contributed by atoms with Gasteiger partial charge in [-0.05, 0) is 0 Å². The average molecular weight is 300 g/mol. The van der Waals surface area contributed by atoms with E-state index in [1.54, 1.807) is 0 Å². The molecule has 20 heavy (non-hydrogen) atoms. The number of aromatic nitrogens is 2. The van der Waals surface area contributed by atoms with Gasteiger partial charge >= 0.3 is 0 Å². The maximum absolute atomic E-state index is 12.2. The van der Waals surface area contributed by atoms with Gasteiger partial charge in [-0.3, -0.25) is 4.79 Å². The van der Waals surface area contributed by atoms with Crippen LogP contribution in [-0.2, 0) is 9.84 Å². The summed E-state index contributed by atoms with van der Waals surface area (Å²) in [5.41, 5.74) is 6.02. The van der Waals surface area contributed by atoms with Gasteiger partial charge in [0.2, 0.25) is 0 Å². The van der Waals surface area contributed by atoms with Crippen LogP contribution in [0, 0.1) is 0 Å². The molecule has 1 heterocycles. The Labute approximate surface area is 119 Å². The number of hydrogen-bond donors (Lipinski definition) is 1. The Balaban J connectivity index is 2.93. The minimum Gasteiger partial charge on any atom is -0.396 e. The van der Waals surface area contributed by atoms with Crippen molar-refractivity contribution in [3.63, 3.8) is 0 Å². The number of nitrogen functional groups attached to an aromatic ring is 1. The Morgan fingerprint density at radius 2 is 2.05 bits per heavy atom. The average Bonchev–Trinajstić information content (AvgIpc) is 2.34. The van der Waals surface area contributed by atoms with Crippen LogP contribution in [0.4, 0.5) is 5.69 Å². The summed E-state index contributed by atoms with van der Waals surface area (Å²) >= 11 is 0. The van der Waals surface area contributed by atoms with Gasteiger partial charge in [-0.1, -0.05) is 13.8 Å². The molecule has 0 bridgehead atoms. The zero-order valence-electron chi connectivity index (χ0n) is 12.1. The summed E-state index contributed by atoms with van der Waals surface area (Å²) in [6, 6.07) is 0. The Bertz CT molecular complexity index is 599. The van der Waals surface area contributed by atoms with Gasteiger partial charge in [-0.2, -0.15) is 0 Å². The van der Waals surface area contributed by atoms with Crippen molar-refractivity contribution in [1.29, 1.82) is 0 Å². The predicted molar refractivity (Wildman–Crippen MR) is 77.2 cm³/mol. The molecule has 1 amide bonds. The molecular formula is C12H20N4O3S. The van der Waals surface area contributed by atoms with Gasteiger partial charge in [-0.15, -0.1) is 0 Å². The first-order chi connectivity index (χ1) is 9.11. The first-order valence-electron chi connectivity index (χ1n) is 6.17. The summed E-state index contributed by atoms with van der Waals surface area (Å²) < 4.78 is 22.2. The molecule has 8 heteroatoms. The third-order valence-electron chi connectivity index (χ3n) is 2.70. The van der Waals surface area contributed by atoms with Crippen LogP contribution in [0.5, 0.6) is 0 Å². The van der Waals surface area contributed by atoms with E-state index in [0.717, 1.165) is 6.26 Å².